The molecular weight excluding hydrogens is 366 g/mol. The molecule has 1 saturated heterocycles. The van der Waals surface area contributed by atoms with Gasteiger partial charge in [-0.3, -0.25) is 9.48 Å². The zero-order valence-electron chi connectivity index (χ0n) is 14.6. The van der Waals surface area contributed by atoms with E-state index in [2.05, 4.69) is 10.4 Å². The third-order valence-corrected chi connectivity index (χ3v) is 5.93. The van der Waals surface area contributed by atoms with Crippen LogP contribution in [0.3, 0.4) is 0 Å². The molecule has 140 valence electrons. The zero-order chi connectivity index (χ0) is 18.8. The van der Waals surface area contributed by atoms with Crippen molar-refractivity contribution in [1.29, 1.82) is 0 Å². The normalized spacial score (nSPS) is 15.1. The minimum Gasteiger partial charge on any atom is -0.477 e. The molecule has 1 fully saturated rings. The first kappa shape index (κ1) is 17.7. The van der Waals surface area contributed by atoms with E-state index in [4.69, 9.17) is 4.74 Å². The second-order valence-corrected chi connectivity index (χ2v) is 7.47. The van der Waals surface area contributed by atoms with Crippen LogP contribution < -0.4 is 5.32 Å². The Morgan fingerprint density at radius 3 is 2.81 bits per heavy atom. The number of ether oxygens (including phenoxy) is 1. The van der Waals surface area contributed by atoms with Crippen LogP contribution in [0.25, 0.3) is 10.1 Å². The number of nitrogens with zero attached hydrogens (tertiary/aromatic N) is 2. The second kappa shape index (κ2) is 7.50. The summed E-state index contributed by atoms with van der Waals surface area (Å²) in [4.78, 5) is 24.3. The number of aromatic nitrogens is 2. The topological polar surface area (TPSA) is 93.5 Å². The standard InChI is InChI=1S/C19H19N3O4S/c23-18(15-5-8-22(21-15)12-6-9-26-10-7-12)20-11-14-13-3-1-2-4-16(13)27-17(14)19(24)25/h1-5,8,12H,6-7,9-11H2,(H,20,23)(H,24,25). The third-order valence-electron chi connectivity index (χ3n) is 4.72. The first-order chi connectivity index (χ1) is 13.1. The fourth-order valence-corrected chi connectivity index (χ4v) is 4.38. The number of fused-ring (bicyclic) bond motifs is 1. The number of hydrogen-bond donors (Lipinski definition) is 2. The second-order valence-electron chi connectivity index (χ2n) is 6.42. The van der Waals surface area contributed by atoms with E-state index in [1.807, 2.05) is 35.1 Å². The lowest BCUT2D eigenvalue weighted by Gasteiger charge is -2.22. The molecule has 0 unspecified atom stereocenters. The molecule has 0 radical (unpaired) electrons. The van der Waals surface area contributed by atoms with Gasteiger partial charge >= 0.3 is 5.97 Å². The molecule has 1 aliphatic heterocycles. The molecule has 3 heterocycles. The van der Waals surface area contributed by atoms with Crippen LogP contribution in [0.1, 0.15) is 44.6 Å². The molecule has 1 amide bonds. The number of hydrogen-bond acceptors (Lipinski definition) is 5. The van der Waals surface area contributed by atoms with E-state index in [-0.39, 0.29) is 23.4 Å². The van der Waals surface area contributed by atoms with Gasteiger partial charge in [-0.05, 0) is 30.4 Å². The van der Waals surface area contributed by atoms with Crippen molar-refractivity contribution in [2.24, 2.45) is 0 Å². The fraction of sp³-hybridized carbons (Fsp3) is 0.316. The molecule has 0 atom stereocenters. The maximum atomic E-state index is 12.5. The minimum absolute atomic E-state index is 0.147. The Hall–Kier alpha value is -2.71. The van der Waals surface area contributed by atoms with Crippen LogP contribution in [0, 0.1) is 0 Å². The maximum absolute atomic E-state index is 12.5. The number of aromatic carboxylic acids is 1. The Morgan fingerprint density at radius 2 is 2.04 bits per heavy atom. The fourth-order valence-electron chi connectivity index (χ4n) is 3.32. The van der Waals surface area contributed by atoms with Gasteiger partial charge in [0, 0.05) is 36.2 Å². The highest BCUT2D eigenvalue weighted by molar-refractivity contribution is 7.21. The van der Waals surface area contributed by atoms with Gasteiger partial charge in [0.2, 0.25) is 0 Å². The van der Waals surface area contributed by atoms with Crippen molar-refractivity contribution in [2.45, 2.75) is 25.4 Å². The van der Waals surface area contributed by atoms with Gasteiger partial charge in [0.05, 0.1) is 6.04 Å². The van der Waals surface area contributed by atoms with Gasteiger partial charge < -0.3 is 15.2 Å². The highest BCUT2D eigenvalue weighted by Gasteiger charge is 2.20. The molecule has 0 saturated carbocycles. The first-order valence-corrected chi connectivity index (χ1v) is 9.60. The Morgan fingerprint density at radius 1 is 1.26 bits per heavy atom. The van der Waals surface area contributed by atoms with Crippen LogP contribution in [0.2, 0.25) is 0 Å². The molecule has 7 nitrogen and oxygen atoms in total. The maximum Gasteiger partial charge on any atom is 0.346 e. The summed E-state index contributed by atoms with van der Waals surface area (Å²) in [5.74, 6) is -1.29. The van der Waals surface area contributed by atoms with E-state index < -0.39 is 5.97 Å². The van der Waals surface area contributed by atoms with Gasteiger partial charge in [0.15, 0.2) is 0 Å². The molecule has 0 spiro atoms. The summed E-state index contributed by atoms with van der Waals surface area (Å²) in [6.07, 6.45) is 3.57. The molecule has 0 aliphatic carbocycles. The molecule has 2 N–H and O–H groups in total. The van der Waals surface area contributed by atoms with Crippen molar-refractivity contribution in [3.05, 3.63) is 52.7 Å². The smallest absolute Gasteiger partial charge is 0.346 e. The van der Waals surface area contributed by atoms with Gasteiger partial charge in [0.25, 0.3) is 5.91 Å². The van der Waals surface area contributed by atoms with E-state index in [0.717, 1.165) is 22.9 Å². The molecule has 2 aromatic heterocycles. The van der Waals surface area contributed by atoms with Crippen LogP contribution in [0.15, 0.2) is 36.5 Å². The SMILES string of the molecule is O=C(NCc1c(C(=O)O)sc2ccccc12)c1ccn(C2CCOCC2)n1. The Balaban J connectivity index is 1.50. The summed E-state index contributed by atoms with van der Waals surface area (Å²) in [6.45, 7) is 1.55. The molecular formula is C19H19N3O4S. The number of thiophene rings is 1. The van der Waals surface area contributed by atoms with Crippen LogP contribution in [-0.4, -0.2) is 40.0 Å². The quantitative estimate of drug-likeness (QED) is 0.704. The number of rotatable bonds is 5. The average Bonchev–Trinajstić information content (AvgIpc) is 3.32. The van der Waals surface area contributed by atoms with E-state index >= 15 is 0 Å². The van der Waals surface area contributed by atoms with Crippen LogP contribution in [0.5, 0.6) is 0 Å². The Kier molecular flexibility index (Phi) is 4.91. The van der Waals surface area contributed by atoms with Gasteiger partial charge in [-0.15, -0.1) is 11.3 Å². The third kappa shape index (κ3) is 3.58. The number of amides is 1. The molecule has 3 aromatic rings. The Bertz CT molecular complexity index is 988. The molecule has 1 aliphatic rings. The molecule has 4 rings (SSSR count). The summed E-state index contributed by atoms with van der Waals surface area (Å²) >= 11 is 1.22. The van der Waals surface area contributed by atoms with Crippen molar-refractivity contribution in [3.8, 4) is 0 Å². The van der Waals surface area contributed by atoms with Crippen molar-refractivity contribution >= 4 is 33.3 Å². The number of carboxylic acid groups (broad SMARTS) is 1. The lowest BCUT2D eigenvalue weighted by atomic mass is 10.1. The highest BCUT2D eigenvalue weighted by atomic mass is 32.1. The van der Waals surface area contributed by atoms with E-state index in [1.54, 1.807) is 6.07 Å². The predicted molar refractivity (Wildman–Crippen MR) is 101 cm³/mol. The van der Waals surface area contributed by atoms with Gasteiger partial charge in [-0.1, -0.05) is 18.2 Å². The van der Waals surface area contributed by atoms with Gasteiger partial charge in [-0.2, -0.15) is 5.10 Å². The van der Waals surface area contributed by atoms with Crippen LogP contribution >= 0.6 is 11.3 Å². The molecule has 8 heteroatoms. The van der Waals surface area contributed by atoms with Gasteiger partial charge in [-0.25, -0.2) is 4.79 Å². The Labute approximate surface area is 159 Å². The summed E-state index contributed by atoms with van der Waals surface area (Å²) in [7, 11) is 0. The van der Waals surface area contributed by atoms with E-state index in [9.17, 15) is 14.7 Å². The number of benzene rings is 1. The number of nitrogens with one attached hydrogen (secondary N) is 1. The summed E-state index contributed by atoms with van der Waals surface area (Å²) in [5.41, 5.74) is 0.957. The highest BCUT2D eigenvalue weighted by Crippen LogP contribution is 2.31. The predicted octanol–water partition coefficient (Wildman–Crippen LogP) is 3.08. The summed E-state index contributed by atoms with van der Waals surface area (Å²) in [5, 5.41) is 17.5. The van der Waals surface area contributed by atoms with E-state index in [1.165, 1.54) is 11.3 Å². The lowest BCUT2D eigenvalue weighted by molar-refractivity contribution is 0.0659. The zero-order valence-corrected chi connectivity index (χ0v) is 15.4. The molecule has 1 aromatic carbocycles. The monoisotopic (exact) mass is 385 g/mol. The summed E-state index contributed by atoms with van der Waals surface area (Å²) in [6, 6.07) is 9.43. The minimum atomic E-state index is -0.982. The van der Waals surface area contributed by atoms with E-state index in [0.29, 0.717) is 24.5 Å². The summed E-state index contributed by atoms with van der Waals surface area (Å²) < 4.78 is 8.06. The van der Waals surface area contributed by atoms with Crippen LogP contribution in [0.4, 0.5) is 0 Å². The lowest BCUT2D eigenvalue weighted by Crippen LogP contribution is -2.25. The first-order valence-electron chi connectivity index (χ1n) is 8.78. The largest absolute Gasteiger partial charge is 0.477 e. The number of carboxylic acids is 1. The van der Waals surface area contributed by atoms with Crippen molar-refractivity contribution < 1.29 is 19.4 Å². The van der Waals surface area contributed by atoms with Crippen LogP contribution in [-0.2, 0) is 11.3 Å². The number of carbonyl (C=O) groups is 2. The van der Waals surface area contributed by atoms with Crippen molar-refractivity contribution in [2.75, 3.05) is 13.2 Å². The average molecular weight is 385 g/mol. The van der Waals surface area contributed by atoms with Crippen molar-refractivity contribution in [1.82, 2.24) is 15.1 Å². The van der Waals surface area contributed by atoms with Gasteiger partial charge in [0.1, 0.15) is 10.6 Å². The number of carbonyl (C=O) groups excluding carboxylic acids is 1. The van der Waals surface area contributed by atoms with Crippen molar-refractivity contribution in [3.63, 3.8) is 0 Å². The molecule has 0 bridgehead atoms. The molecule has 27 heavy (non-hydrogen) atoms.